The molecule has 1 amide bonds. The molecular formula is C23H36N2O2. The summed E-state index contributed by atoms with van der Waals surface area (Å²) in [6, 6.07) is 11.3. The highest BCUT2D eigenvalue weighted by Gasteiger charge is 2.32. The van der Waals surface area contributed by atoms with Gasteiger partial charge in [0.25, 0.3) is 0 Å². The van der Waals surface area contributed by atoms with E-state index in [0.29, 0.717) is 6.04 Å². The lowest BCUT2D eigenvalue weighted by Crippen LogP contribution is -2.48. The average molecular weight is 373 g/mol. The third-order valence-electron chi connectivity index (χ3n) is 6.06. The van der Waals surface area contributed by atoms with Gasteiger partial charge in [-0.2, -0.15) is 0 Å². The highest BCUT2D eigenvalue weighted by Crippen LogP contribution is 2.33. The number of hydrogen-bond donors (Lipinski definition) is 0. The van der Waals surface area contributed by atoms with Gasteiger partial charge in [0.15, 0.2) is 0 Å². The standard InChI is InChI=1S/C23H36N2O2/c1-18(21-8-6-5-7-9-21)25-16-20(17-25)11-10-19-12-14-24(15-13-19)22(26)27-23(2,3)4/h5-9,18-20H,10-17H2,1-4H3. The molecule has 2 saturated heterocycles. The summed E-state index contributed by atoms with van der Waals surface area (Å²) in [7, 11) is 0. The molecule has 0 aliphatic carbocycles. The van der Waals surface area contributed by atoms with Gasteiger partial charge in [-0.05, 0) is 70.8 Å². The number of nitrogens with zero attached hydrogens (tertiary/aromatic N) is 2. The zero-order valence-electron chi connectivity index (χ0n) is 17.5. The van der Waals surface area contributed by atoms with Crippen molar-refractivity contribution in [2.75, 3.05) is 26.2 Å². The number of hydrogen-bond acceptors (Lipinski definition) is 3. The largest absolute Gasteiger partial charge is 0.444 e. The average Bonchev–Trinajstić information content (AvgIpc) is 2.60. The van der Waals surface area contributed by atoms with Crippen LogP contribution in [0.15, 0.2) is 30.3 Å². The van der Waals surface area contributed by atoms with Crippen LogP contribution in [0.4, 0.5) is 4.79 Å². The Hall–Kier alpha value is -1.55. The molecule has 0 radical (unpaired) electrons. The van der Waals surface area contributed by atoms with E-state index in [4.69, 9.17) is 4.74 Å². The molecule has 1 aromatic rings. The zero-order chi connectivity index (χ0) is 19.4. The van der Waals surface area contributed by atoms with Crippen LogP contribution in [0.3, 0.4) is 0 Å². The molecule has 4 nitrogen and oxygen atoms in total. The first-order valence-electron chi connectivity index (χ1n) is 10.6. The Morgan fingerprint density at radius 2 is 1.67 bits per heavy atom. The van der Waals surface area contributed by atoms with Gasteiger partial charge in [-0.3, -0.25) is 4.90 Å². The Morgan fingerprint density at radius 3 is 2.26 bits per heavy atom. The van der Waals surface area contributed by atoms with Crippen molar-refractivity contribution >= 4 is 6.09 Å². The van der Waals surface area contributed by atoms with E-state index in [2.05, 4.69) is 42.2 Å². The molecule has 2 aliphatic heterocycles. The number of benzene rings is 1. The maximum atomic E-state index is 12.2. The molecule has 4 heteroatoms. The lowest BCUT2D eigenvalue weighted by Gasteiger charge is -2.44. The highest BCUT2D eigenvalue weighted by atomic mass is 16.6. The summed E-state index contributed by atoms with van der Waals surface area (Å²) in [6.07, 6.45) is 4.73. The van der Waals surface area contributed by atoms with Crippen LogP contribution >= 0.6 is 0 Å². The van der Waals surface area contributed by atoms with E-state index >= 15 is 0 Å². The van der Waals surface area contributed by atoms with Crippen molar-refractivity contribution in [2.24, 2.45) is 11.8 Å². The number of ether oxygens (including phenoxy) is 1. The molecule has 1 aromatic carbocycles. The number of likely N-dealkylation sites (tertiary alicyclic amines) is 2. The molecule has 27 heavy (non-hydrogen) atoms. The summed E-state index contributed by atoms with van der Waals surface area (Å²) >= 11 is 0. The fourth-order valence-electron chi connectivity index (χ4n) is 4.25. The molecule has 1 unspecified atom stereocenters. The second-order valence-electron chi connectivity index (χ2n) is 9.39. The molecule has 3 rings (SSSR count). The van der Waals surface area contributed by atoms with Crippen LogP contribution in [0.1, 0.15) is 65.0 Å². The minimum Gasteiger partial charge on any atom is -0.444 e. The molecule has 1 atom stereocenters. The highest BCUT2D eigenvalue weighted by molar-refractivity contribution is 5.68. The summed E-state index contributed by atoms with van der Waals surface area (Å²) in [6.45, 7) is 12.3. The topological polar surface area (TPSA) is 32.8 Å². The monoisotopic (exact) mass is 372 g/mol. The van der Waals surface area contributed by atoms with Crippen molar-refractivity contribution in [1.82, 2.24) is 9.80 Å². The van der Waals surface area contributed by atoms with Crippen LogP contribution in [-0.2, 0) is 4.74 Å². The van der Waals surface area contributed by atoms with Gasteiger partial charge in [0.1, 0.15) is 5.60 Å². The van der Waals surface area contributed by atoms with Gasteiger partial charge in [-0.25, -0.2) is 4.79 Å². The lowest BCUT2D eigenvalue weighted by molar-refractivity contribution is 0.0164. The summed E-state index contributed by atoms with van der Waals surface area (Å²) in [5, 5.41) is 0. The van der Waals surface area contributed by atoms with Gasteiger partial charge in [0.2, 0.25) is 0 Å². The van der Waals surface area contributed by atoms with Crippen molar-refractivity contribution in [1.29, 1.82) is 0 Å². The Balaban J connectivity index is 1.32. The molecule has 2 aliphatic rings. The summed E-state index contributed by atoms with van der Waals surface area (Å²) in [4.78, 5) is 16.6. The second kappa shape index (κ2) is 8.64. The van der Waals surface area contributed by atoms with E-state index in [0.717, 1.165) is 37.8 Å². The van der Waals surface area contributed by atoms with Gasteiger partial charge in [-0.15, -0.1) is 0 Å². The molecule has 0 N–H and O–H groups in total. The van der Waals surface area contributed by atoms with Crippen molar-refractivity contribution in [2.45, 2.75) is 65.0 Å². The van der Waals surface area contributed by atoms with E-state index in [1.54, 1.807) is 0 Å². The predicted octanol–water partition coefficient (Wildman–Crippen LogP) is 5.11. The van der Waals surface area contributed by atoms with Gasteiger partial charge in [0.05, 0.1) is 0 Å². The van der Waals surface area contributed by atoms with Crippen LogP contribution in [0.5, 0.6) is 0 Å². The fraction of sp³-hybridized carbons (Fsp3) is 0.696. The first kappa shape index (κ1) is 20.2. The summed E-state index contributed by atoms with van der Waals surface area (Å²) < 4.78 is 5.49. The Morgan fingerprint density at radius 1 is 1.07 bits per heavy atom. The lowest BCUT2D eigenvalue weighted by atomic mass is 9.85. The van der Waals surface area contributed by atoms with E-state index < -0.39 is 5.60 Å². The number of carbonyl (C=O) groups is 1. The molecule has 2 heterocycles. The fourth-order valence-corrected chi connectivity index (χ4v) is 4.25. The van der Waals surface area contributed by atoms with Crippen LogP contribution in [-0.4, -0.2) is 47.7 Å². The Bertz CT molecular complexity index is 597. The summed E-state index contributed by atoms with van der Waals surface area (Å²) in [5.41, 5.74) is 1.02. The Kier molecular flexibility index (Phi) is 6.46. The van der Waals surface area contributed by atoms with Crippen LogP contribution in [0.25, 0.3) is 0 Å². The van der Waals surface area contributed by atoms with Gasteiger partial charge < -0.3 is 9.64 Å². The molecule has 2 fully saturated rings. The molecule has 0 aromatic heterocycles. The zero-order valence-corrected chi connectivity index (χ0v) is 17.5. The minimum atomic E-state index is -0.402. The first-order chi connectivity index (χ1) is 12.8. The van der Waals surface area contributed by atoms with Gasteiger partial charge >= 0.3 is 6.09 Å². The molecule has 0 saturated carbocycles. The third kappa shape index (κ3) is 5.71. The van der Waals surface area contributed by atoms with Crippen molar-refractivity contribution in [3.63, 3.8) is 0 Å². The van der Waals surface area contributed by atoms with E-state index in [9.17, 15) is 4.79 Å². The van der Waals surface area contributed by atoms with E-state index in [1.165, 1.54) is 31.5 Å². The van der Waals surface area contributed by atoms with Crippen molar-refractivity contribution in [3.05, 3.63) is 35.9 Å². The van der Waals surface area contributed by atoms with Crippen LogP contribution < -0.4 is 0 Å². The predicted molar refractivity (Wildman–Crippen MR) is 110 cm³/mol. The maximum Gasteiger partial charge on any atom is 0.410 e. The van der Waals surface area contributed by atoms with Crippen LogP contribution in [0.2, 0.25) is 0 Å². The Labute approximate surface area is 164 Å². The number of amides is 1. The SMILES string of the molecule is CC(c1ccccc1)N1CC(CCC2CCN(C(=O)OC(C)(C)C)CC2)C1. The van der Waals surface area contributed by atoms with Gasteiger partial charge in [0, 0.05) is 32.2 Å². The number of rotatable bonds is 5. The third-order valence-corrected chi connectivity index (χ3v) is 6.06. The maximum absolute atomic E-state index is 12.2. The normalized spacial score (nSPS) is 21.0. The second-order valence-corrected chi connectivity index (χ2v) is 9.39. The number of piperidine rings is 1. The summed E-state index contributed by atoms with van der Waals surface area (Å²) in [5.74, 6) is 1.62. The first-order valence-corrected chi connectivity index (χ1v) is 10.6. The minimum absolute atomic E-state index is 0.148. The van der Waals surface area contributed by atoms with E-state index in [1.807, 2.05) is 25.7 Å². The quantitative estimate of drug-likeness (QED) is 0.720. The molecule has 150 valence electrons. The molecule has 0 spiro atoms. The van der Waals surface area contributed by atoms with Crippen molar-refractivity contribution in [3.8, 4) is 0 Å². The van der Waals surface area contributed by atoms with Gasteiger partial charge in [-0.1, -0.05) is 30.3 Å². The molecular weight excluding hydrogens is 336 g/mol. The van der Waals surface area contributed by atoms with E-state index in [-0.39, 0.29) is 6.09 Å². The smallest absolute Gasteiger partial charge is 0.410 e. The number of carbonyl (C=O) groups excluding carboxylic acids is 1. The molecule has 0 bridgehead atoms. The van der Waals surface area contributed by atoms with Crippen LogP contribution in [0, 0.1) is 11.8 Å². The van der Waals surface area contributed by atoms with Crippen molar-refractivity contribution < 1.29 is 9.53 Å².